The fourth-order valence-corrected chi connectivity index (χ4v) is 1.36. The molecule has 0 aliphatic rings. The van der Waals surface area contributed by atoms with Crippen molar-refractivity contribution in [2.45, 2.75) is 13.0 Å². The molecule has 1 aromatic carbocycles. The summed E-state index contributed by atoms with van der Waals surface area (Å²) in [6.45, 7) is 1.23. The third-order valence-corrected chi connectivity index (χ3v) is 2.38. The lowest BCUT2D eigenvalue weighted by Crippen LogP contribution is -2.31. The summed E-state index contributed by atoms with van der Waals surface area (Å²) in [4.78, 5) is 33.8. The monoisotopic (exact) mass is 280 g/mol. The number of carbonyl (C=O) groups is 3. The van der Waals surface area contributed by atoms with Crippen LogP contribution in [0, 0.1) is 0 Å². The Labute approximate surface area is 116 Å². The van der Waals surface area contributed by atoms with Gasteiger partial charge in [-0.05, 0) is 31.2 Å². The number of nitrogens with two attached hydrogens (primary N) is 1. The molecular weight excluding hydrogens is 264 g/mol. The number of methoxy groups -OCH3 is 1. The maximum Gasteiger partial charge on any atom is 0.332 e. The van der Waals surface area contributed by atoms with Crippen molar-refractivity contribution in [2.75, 3.05) is 19.0 Å². The van der Waals surface area contributed by atoms with Crippen LogP contribution in [0.25, 0.3) is 0 Å². The van der Waals surface area contributed by atoms with Gasteiger partial charge in [-0.25, -0.2) is 4.79 Å². The van der Waals surface area contributed by atoms with E-state index in [1.54, 1.807) is 0 Å². The smallest absolute Gasteiger partial charge is 0.332 e. The van der Waals surface area contributed by atoms with E-state index in [-0.39, 0.29) is 6.61 Å². The molecule has 0 saturated heterocycles. The molecule has 0 fully saturated rings. The number of nitrogens with one attached hydrogen (secondary N) is 1. The predicted molar refractivity (Wildman–Crippen MR) is 71.0 cm³/mol. The van der Waals surface area contributed by atoms with Crippen molar-refractivity contribution in [2.24, 2.45) is 5.73 Å². The van der Waals surface area contributed by atoms with E-state index in [0.717, 1.165) is 0 Å². The molecule has 0 heterocycles. The maximum absolute atomic E-state index is 11.8. The van der Waals surface area contributed by atoms with Crippen LogP contribution in [0.2, 0.25) is 0 Å². The van der Waals surface area contributed by atoms with E-state index in [4.69, 9.17) is 10.5 Å². The Balaban J connectivity index is 2.57. The summed E-state index contributed by atoms with van der Waals surface area (Å²) in [7, 11) is 1.35. The molecule has 1 atom stereocenters. The van der Waals surface area contributed by atoms with Crippen LogP contribution < -0.4 is 11.1 Å². The van der Waals surface area contributed by atoms with E-state index >= 15 is 0 Å². The van der Waals surface area contributed by atoms with Gasteiger partial charge < -0.3 is 20.5 Å². The largest absolute Gasteiger partial charge is 0.451 e. The number of benzene rings is 1. The van der Waals surface area contributed by atoms with Gasteiger partial charge in [0, 0.05) is 18.4 Å². The molecule has 20 heavy (non-hydrogen) atoms. The second-order valence-corrected chi connectivity index (χ2v) is 4.00. The van der Waals surface area contributed by atoms with Crippen LogP contribution in [0.15, 0.2) is 24.3 Å². The Morgan fingerprint density at radius 3 is 2.35 bits per heavy atom. The number of primary amides is 1. The molecule has 2 amide bonds. The first-order valence-corrected chi connectivity index (χ1v) is 5.83. The van der Waals surface area contributed by atoms with Crippen molar-refractivity contribution in [3.63, 3.8) is 0 Å². The predicted octanol–water partition coefficient (Wildman–Crippen LogP) is 0.302. The Morgan fingerprint density at radius 2 is 1.85 bits per heavy atom. The number of carbonyl (C=O) groups excluding carboxylic acids is 3. The van der Waals surface area contributed by atoms with Gasteiger partial charge in [-0.3, -0.25) is 9.59 Å². The van der Waals surface area contributed by atoms with Crippen LogP contribution in [0.1, 0.15) is 17.3 Å². The van der Waals surface area contributed by atoms with E-state index in [1.807, 2.05) is 0 Å². The maximum atomic E-state index is 11.8. The highest BCUT2D eigenvalue weighted by atomic mass is 16.6. The normalized spacial score (nSPS) is 11.5. The van der Waals surface area contributed by atoms with E-state index in [1.165, 1.54) is 38.3 Å². The molecular formula is C13H16N2O5. The number of hydrogen-bond acceptors (Lipinski definition) is 5. The number of rotatable bonds is 6. The van der Waals surface area contributed by atoms with Crippen molar-refractivity contribution < 1.29 is 23.9 Å². The zero-order valence-electron chi connectivity index (χ0n) is 11.2. The third kappa shape index (κ3) is 4.69. The summed E-state index contributed by atoms with van der Waals surface area (Å²) in [5.41, 5.74) is 5.90. The van der Waals surface area contributed by atoms with Crippen molar-refractivity contribution in [1.82, 2.24) is 0 Å². The highest BCUT2D eigenvalue weighted by Gasteiger charge is 2.17. The molecule has 7 nitrogen and oxygen atoms in total. The van der Waals surface area contributed by atoms with Crippen LogP contribution in [0.4, 0.5) is 5.69 Å². The van der Waals surface area contributed by atoms with E-state index < -0.39 is 23.9 Å². The summed E-state index contributed by atoms with van der Waals surface area (Å²) in [5, 5.41) is 2.55. The van der Waals surface area contributed by atoms with Gasteiger partial charge in [-0.15, -0.1) is 0 Å². The van der Waals surface area contributed by atoms with Gasteiger partial charge in [0.15, 0.2) is 6.10 Å². The van der Waals surface area contributed by atoms with Crippen LogP contribution in [-0.4, -0.2) is 37.6 Å². The van der Waals surface area contributed by atoms with Gasteiger partial charge in [0.25, 0.3) is 5.91 Å². The van der Waals surface area contributed by atoms with Gasteiger partial charge >= 0.3 is 5.97 Å². The zero-order valence-corrected chi connectivity index (χ0v) is 11.2. The lowest BCUT2D eigenvalue weighted by Gasteiger charge is -2.13. The van der Waals surface area contributed by atoms with Gasteiger partial charge in [0.1, 0.15) is 6.61 Å². The second-order valence-electron chi connectivity index (χ2n) is 4.00. The minimum absolute atomic E-state index is 0.217. The minimum atomic E-state index is -0.950. The Hall–Kier alpha value is -2.41. The standard InChI is InChI=1S/C13H16N2O5/c1-8(20-11(16)7-19-2)13(18)15-10-5-3-9(4-6-10)12(14)17/h3-6,8H,7H2,1-2H3,(H2,14,17)(H,15,18)/t8-/m1/s1. The molecule has 0 spiro atoms. The lowest BCUT2D eigenvalue weighted by atomic mass is 10.2. The number of ether oxygens (including phenoxy) is 2. The highest BCUT2D eigenvalue weighted by molar-refractivity contribution is 5.96. The summed E-state index contributed by atoms with van der Waals surface area (Å²) in [6, 6.07) is 6.03. The van der Waals surface area contributed by atoms with Crippen LogP contribution in [0.3, 0.4) is 0 Å². The number of amides is 2. The second kappa shape index (κ2) is 7.25. The highest BCUT2D eigenvalue weighted by Crippen LogP contribution is 2.10. The average molecular weight is 280 g/mol. The molecule has 1 rings (SSSR count). The average Bonchev–Trinajstić information content (AvgIpc) is 2.39. The van der Waals surface area contributed by atoms with Gasteiger partial charge in [0.2, 0.25) is 5.91 Å². The Morgan fingerprint density at radius 1 is 1.25 bits per heavy atom. The SMILES string of the molecule is COCC(=O)O[C@H](C)C(=O)Nc1ccc(C(N)=O)cc1. The van der Waals surface area contributed by atoms with E-state index in [9.17, 15) is 14.4 Å². The molecule has 0 aliphatic carbocycles. The van der Waals surface area contributed by atoms with Crippen molar-refractivity contribution in [3.05, 3.63) is 29.8 Å². The number of hydrogen-bond donors (Lipinski definition) is 2. The molecule has 0 radical (unpaired) electrons. The number of anilines is 1. The molecule has 0 aliphatic heterocycles. The molecule has 1 aromatic rings. The summed E-state index contributed by atoms with van der Waals surface area (Å²) >= 11 is 0. The summed E-state index contributed by atoms with van der Waals surface area (Å²) < 4.78 is 9.42. The Bertz CT molecular complexity index is 498. The zero-order chi connectivity index (χ0) is 15.1. The molecule has 7 heteroatoms. The fourth-order valence-electron chi connectivity index (χ4n) is 1.36. The molecule has 0 saturated carbocycles. The molecule has 0 aromatic heterocycles. The molecule has 3 N–H and O–H groups in total. The van der Waals surface area contributed by atoms with Crippen LogP contribution in [-0.2, 0) is 19.1 Å². The van der Waals surface area contributed by atoms with E-state index in [0.29, 0.717) is 11.3 Å². The van der Waals surface area contributed by atoms with Crippen molar-refractivity contribution in [1.29, 1.82) is 0 Å². The van der Waals surface area contributed by atoms with Gasteiger partial charge in [-0.1, -0.05) is 0 Å². The quantitative estimate of drug-likeness (QED) is 0.729. The summed E-state index contributed by atoms with van der Waals surface area (Å²) in [5.74, 6) is -1.66. The molecule has 108 valence electrons. The first kappa shape index (κ1) is 15.6. The lowest BCUT2D eigenvalue weighted by molar-refractivity contribution is -0.156. The summed E-state index contributed by atoms with van der Waals surface area (Å²) in [6.07, 6.45) is -0.950. The first-order valence-electron chi connectivity index (χ1n) is 5.83. The van der Waals surface area contributed by atoms with Gasteiger partial charge in [-0.2, -0.15) is 0 Å². The molecule has 0 bridgehead atoms. The van der Waals surface area contributed by atoms with Crippen molar-refractivity contribution >= 4 is 23.5 Å². The van der Waals surface area contributed by atoms with Crippen LogP contribution in [0.5, 0.6) is 0 Å². The van der Waals surface area contributed by atoms with Crippen LogP contribution >= 0.6 is 0 Å². The fraction of sp³-hybridized carbons (Fsp3) is 0.308. The minimum Gasteiger partial charge on any atom is -0.451 e. The van der Waals surface area contributed by atoms with E-state index in [2.05, 4.69) is 10.1 Å². The topological polar surface area (TPSA) is 108 Å². The van der Waals surface area contributed by atoms with Crippen molar-refractivity contribution in [3.8, 4) is 0 Å². The third-order valence-electron chi connectivity index (χ3n) is 2.38. The first-order chi connectivity index (χ1) is 9.43. The Kier molecular flexibility index (Phi) is 5.67. The number of esters is 1. The van der Waals surface area contributed by atoms with Gasteiger partial charge in [0.05, 0.1) is 0 Å². The molecule has 0 unspecified atom stereocenters.